The zero-order chi connectivity index (χ0) is 18.4. The van der Waals surface area contributed by atoms with E-state index >= 15 is 0 Å². The molecular weight excluding hydrogens is 362 g/mol. The van der Waals surface area contributed by atoms with Gasteiger partial charge in [-0.15, -0.1) is 11.3 Å². The lowest BCUT2D eigenvalue weighted by atomic mass is 10.2. The lowest BCUT2D eigenvalue weighted by molar-refractivity contribution is -0.121. The molecule has 0 spiro atoms. The smallest absolute Gasteiger partial charge is 0.252 e. The third-order valence-electron chi connectivity index (χ3n) is 3.29. The highest BCUT2D eigenvalue weighted by molar-refractivity contribution is 7.91. The summed E-state index contributed by atoms with van der Waals surface area (Å²) in [5, 5.41) is 7.00. The van der Waals surface area contributed by atoms with Gasteiger partial charge >= 0.3 is 0 Å². The maximum absolute atomic E-state index is 12.3. The van der Waals surface area contributed by atoms with Gasteiger partial charge in [-0.05, 0) is 29.1 Å². The quantitative estimate of drug-likeness (QED) is 0.762. The van der Waals surface area contributed by atoms with E-state index in [1.165, 1.54) is 20.0 Å². The molecule has 2 rings (SSSR count). The first-order chi connectivity index (χ1) is 11.8. The number of carbonyl (C=O) groups excluding carboxylic acids is 2. The molecule has 7 nitrogen and oxygen atoms in total. The van der Waals surface area contributed by atoms with Crippen LogP contribution in [0.25, 0.3) is 0 Å². The highest BCUT2D eigenvalue weighted by atomic mass is 32.2. The third kappa shape index (κ3) is 5.38. The van der Waals surface area contributed by atoms with Crippen LogP contribution in [0.4, 0.5) is 5.69 Å². The minimum atomic E-state index is -3.64. The summed E-state index contributed by atoms with van der Waals surface area (Å²) in [5.74, 6) is -0.551. The molecule has 0 saturated carbocycles. The fourth-order valence-corrected chi connectivity index (χ4v) is 4.34. The number of thiophene rings is 1. The zero-order valence-electron chi connectivity index (χ0n) is 13.9. The number of rotatable bonds is 7. The second-order valence-electron chi connectivity index (χ2n) is 5.35. The van der Waals surface area contributed by atoms with Gasteiger partial charge in [0.05, 0.1) is 6.54 Å². The molecule has 1 heterocycles. The Hall–Kier alpha value is -2.23. The number of hydrogen-bond donors (Lipinski definition) is 2. The van der Waals surface area contributed by atoms with Gasteiger partial charge in [0.1, 0.15) is 4.21 Å². The second-order valence-corrected chi connectivity index (χ2v) is 8.57. The van der Waals surface area contributed by atoms with E-state index in [1.54, 1.807) is 35.7 Å². The summed E-state index contributed by atoms with van der Waals surface area (Å²) in [6.07, 6.45) is 0. The van der Waals surface area contributed by atoms with Crippen molar-refractivity contribution < 1.29 is 18.0 Å². The summed E-state index contributed by atoms with van der Waals surface area (Å²) in [6.45, 7) is 1.44. The minimum Gasteiger partial charge on any atom is -0.351 e. The molecular formula is C16H19N3O4S2. The van der Waals surface area contributed by atoms with Crippen LogP contribution in [0.15, 0.2) is 46.0 Å². The van der Waals surface area contributed by atoms with Crippen molar-refractivity contribution in [2.45, 2.75) is 17.7 Å². The van der Waals surface area contributed by atoms with Crippen molar-refractivity contribution in [1.82, 2.24) is 9.62 Å². The monoisotopic (exact) mass is 381 g/mol. The van der Waals surface area contributed by atoms with Crippen molar-refractivity contribution in [3.63, 3.8) is 0 Å². The van der Waals surface area contributed by atoms with Crippen LogP contribution in [0, 0.1) is 0 Å². The van der Waals surface area contributed by atoms with Crippen LogP contribution >= 0.6 is 11.3 Å². The van der Waals surface area contributed by atoms with Gasteiger partial charge in [0.2, 0.25) is 11.8 Å². The molecule has 0 aliphatic carbocycles. The van der Waals surface area contributed by atoms with Crippen molar-refractivity contribution in [1.29, 1.82) is 0 Å². The number of carbonyl (C=O) groups is 2. The molecule has 9 heteroatoms. The van der Waals surface area contributed by atoms with Crippen molar-refractivity contribution >= 4 is 38.9 Å². The second kappa shape index (κ2) is 8.24. The first-order valence-electron chi connectivity index (χ1n) is 7.42. The summed E-state index contributed by atoms with van der Waals surface area (Å²) in [6, 6.07) is 10.2. The standard InChI is InChI=1S/C16H19N3O4S2/c1-12(20)18-14-7-5-13(6-8-14)10-17-15(21)11-19(2)25(22,23)16-4-3-9-24-16/h3-9H,10-11H2,1-2H3,(H,17,21)(H,18,20). The maximum atomic E-state index is 12.3. The number of likely N-dealkylation sites (N-methyl/N-ethyl adjacent to an activating group) is 1. The number of nitrogens with one attached hydrogen (secondary N) is 2. The van der Waals surface area contributed by atoms with Crippen LogP contribution in [0.3, 0.4) is 0 Å². The van der Waals surface area contributed by atoms with Crippen LogP contribution in [0.2, 0.25) is 0 Å². The van der Waals surface area contributed by atoms with Crippen LogP contribution in [0.1, 0.15) is 12.5 Å². The van der Waals surface area contributed by atoms with Crippen LogP contribution in [0.5, 0.6) is 0 Å². The Kier molecular flexibility index (Phi) is 6.29. The molecule has 134 valence electrons. The molecule has 2 amide bonds. The van der Waals surface area contributed by atoms with Crippen LogP contribution in [-0.4, -0.2) is 38.1 Å². The van der Waals surface area contributed by atoms with E-state index in [-0.39, 0.29) is 23.2 Å². The topological polar surface area (TPSA) is 95.6 Å². The molecule has 1 aromatic carbocycles. The lowest BCUT2D eigenvalue weighted by Gasteiger charge is -2.15. The van der Waals surface area contributed by atoms with Gasteiger partial charge in [-0.2, -0.15) is 4.31 Å². The predicted molar refractivity (Wildman–Crippen MR) is 96.7 cm³/mol. The molecule has 2 aromatic rings. The van der Waals surface area contributed by atoms with E-state index in [0.29, 0.717) is 5.69 Å². The predicted octanol–water partition coefficient (Wildman–Crippen LogP) is 1.64. The number of anilines is 1. The molecule has 0 radical (unpaired) electrons. The van der Waals surface area contributed by atoms with Crippen LogP contribution < -0.4 is 10.6 Å². The van der Waals surface area contributed by atoms with Crippen molar-refractivity contribution in [2.24, 2.45) is 0 Å². The summed E-state index contributed by atoms with van der Waals surface area (Å²) in [4.78, 5) is 22.9. The van der Waals surface area contributed by atoms with Crippen molar-refractivity contribution in [3.8, 4) is 0 Å². The Labute approximate surface area is 150 Å². The Morgan fingerprint density at radius 1 is 1.16 bits per heavy atom. The number of amides is 2. The van der Waals surface area contributed by atoms with Gasteiger partial charge in [0.15, 0.2) is 0 Å². The Morgan fingerprint density at radius 3 is 2.40 bits per heavy atom. The molecule has 2 N–H and O–H groups in total. The molecule has 0 unspecified atom stereocenters. The summed E-state index contributed by atoms with van der Waals surface area (Å²) >= 11 is 1.11. The van der Waals surface area contributed by atoms with E-state index in [0.717, 1.165) is 21.2 Å². The SMILES string of the molecule is CC(=O)Nc1ccc(CNC(=O)CN(C)S(=O)(=O)c2cccs2)cc1. The molecule has 0 fully saturated rings. The number of sulfonamides is 1. The van der Waals surface area contributed by atoms with E-state index in [4.69, 9.17) is 0 Å². The van der Waals surface area contributed by atoms with E-state index in [2.05, 4.69) is 10.6 Å². The Morgan fingerprint density at radius 2 is 1.84 bits per heavy atom. The van der Waals surface area contributed by atoms with E-state index in [9.17, 15) is 18.0 Å². The first-order valence-corrected chi connectivity index (χ1v) is 9.74. The zero-order valence-corrected chi connectivity index (χ0v) is 15.5. The van der Waals surface area contributed by atoms with Crippen molar-refractivity contribution in [2.75, 3.05) is 18.9 Å². The molecule has 1 aromatic heterocycles. The number of benzene rings is 1. The van der Waals surface area contributed by atoms with Gasteiger partial charge in [-0.25, -0.2) is 8.42 Å². The fraction of sp³-hybridized carbons (Fsp3) is 0.250. The average Bonchev–Trinajstić information content (AvgIpc) is 3.09. The maximum Gasteiger partial charge on any atom is 0.252 e. The fourth-order valence-electron chi connectivity index (χ4n) is 2.02. The van der Waals surface area contributed by atoms with Gasteiger partial charge in [-0.3, -0.25) is 9.59 Å². The molecule has 0 aliphatic rings. The van der Waals surface area contributed by atoms with E-state index in [1.807, 2.05) is 0 Å². The van der Waals surface area contributed by atoms with Crippen LogP contribution in [-0.2, 0) is 26.2 Å². The van der Waals surface area contributed by atoms with Gasteiger partial charge in [0, 0.05) is 26.2 Å². The third-order valence-corrected chi connectivity index (χ3v) is 6.47. The van der Waals surface area contributed by atoms with Crippen molar-refractivity contribution in [3.05, 3.63) is 47.3 Å². The van der Waals surface area contributed by atoms with Gasteiger partial charge < -0.3 is 10.6 Å². The summed E-state index contributed by atoms with van der Waals surface area (Å²) < 4.78 is 25.7. The van der Waals surface area contributed by atoms with Gasteiger partial charge in [-0.1, -0.05) is 18.2 Å². The molecule has 0 aliphatic heterocycles. The Balaban J connectivity index is 1.87. The largest absolute Gasteiger partial charge is 0.351 e. The molecule has 0 bridgehead atoms. The normalized spacial score (nSPS) is 11.3. The summed E-state index contributed by atoms with van der Waals surface area (Å²) in [7, 11) is -2.27. The highest BCUT2D eigenvalue weighted by Gasteiger charge is 2.23. The lowest BCUT2D eigenvalue weighted by Crippen LogP contribution is -2.37. The van der Waals surface area contributed by atoms with E-state index < -0.39 is 15.9 Å². The molecule has 0 atom stereocenters. The average molecular weight is 381 g/mol. The highest BCUT2D eigenvalue weighted by Crippen LogP contribution is 2.19. The number of hydrogen-bond acceptors (Lipinski definition) is 5. The Bertz CT molecular complexity index is 831. The molecule has 25 heavy (non-hydrogen) atoms. The van der Waals surface area contributed by atoms with Gasteiger partial charge in [0.25, 0.3) is 10.0 Å². The molecule has 0 saturated heterocycles. The minimum absolute atomic E-state index is 0.156. The summed E-state index contributed by atoms with van der Waals surface area (Å²) in [5.41, 5.74) is 1.51. The number of nitrogens with zero attached hydrogens (tertiary/aromatic N) is 1. The first kappa shape index (κ1) is 19.1.